The highest BCUT2D eigenvalue weighted by molar-refractivity contribution is 9.10. The van der Waals surface area contributed by atoms with E-state index in [1.54, 1.807) is 18.2 Å². The topological polar surface area (TPSA) is 69.4 Å². The van der Waals surface area contributed by atoms with Crippen LogP contribution in [0.3, 0.4) is 0 Å². The highest BCUT2D eigenvalue weighted by atomic mass is 79.9. The molecular formula is C14H10BrNO4. The lowest BCUT2D eigenvalue weighted by Gasteiger charge is -2.07. The number of Topliss-reactive ketones (excluding diaryl/α,β-unsaturated/α-hetero) is 1. The maximum absolute atomic E-state index is 11.3. The molecule has 0 spiro atoms. The minimum absolute atomic E-state index is 0.0663. The van der Waals surface area contributed by atoms with Crippen molar-refractivity contribution in [3.05, 3.63) is 62.6 Å². The normalized spacial score (nSPS) is 10.1. The van der Waals surface area contributed by atoms with Gasteiger partial charge in [-0.05, 0) is 37.3 Å². The molecule has 0 aromatic heterocycles. The van der Waals surface area contributed by atoms with Gasteiger partial charge < -0.3 is 4.74 Å². The molecular weight excluding hydrogens is 326 g/mol. The van der Waals surface area contributed by atoms with Crippen LogP contribution in [0.4, 0.5) is 5.69 Å². The van der Waals surface area contributed by atoms with E-state index >= 15 is 0 Å². The molecule has 2 aromatic rings. The third kappa shape index (κ3) is 3.21. The number of nitro benzene ring substituents is 1. The van der Waals surface area contributed by atoms with Crippen molar-refractivity contribution < 1.29 is 14.5 Å². The number of hydrogen-bond acceptors (Lipinski definition) is 4. The van der Waals surface area contributed by atoms with Crippen LogP contribution in [-0.4, -0.2) is 10.7 Å². The van der Waals surface area contributed by atoms with E-state index in [2.05, 4.69) is 15.9 Å². The molecule has 0 radical (unpaired) electrons. The summed E-state index contributed by atoms with van der Waals surface area (Å²) in [4.78, 5) is 21.7. The monoisotopic (exact) mass is 335 g/mol. The largest absolute Gasteiger partial charge is 0.457 e. The summed E-state index contributed by atoms with van der Waals surface area (Å²) in [6, 6.07) is 11.3. The first-order valence-corrected chi connectivity index (χ1v) is 6.49. The summed E-state index contributed by atoms with van der Waals surface area (Å²) in [7, 11) is 0. The van der Waals surface area contributed by atoms with Gasteiger partial charge in [0.1, 0.15) is 11.5 Å². The fraction of sp³-hybridized carbons (Fsp3) is 0.0714. The van der Waals surface area contributed by atoms with E-state index in [0.29, 0.717) is 11.5 Å². The van der Waals surface area contributed by atoms with E-state index in [1.165, 1.54) is 25.1 Å². The number of carbonyl (C=O) groups excluding carboxylic acids is 1. The van der Waals surface area contributed by atoms with Crippen LogP contribution < -0.4 is 4.74 Å². The van der Waals surface area contributed by atoms with Crippen molar-refractivity contribution in [2.75, 3.05) is 0 Å². The average Bonchev–Trinajstić information content (AvgIpc) is 2.38. The zero-order valence-electron chi connectivity index (χ0n) is 10.5. The molecule has 2 rings (SSSR count). The molecule has 102 valence electrons. The highest BCUT2D eigenvalue weighted by Crippen LogP contribution is 2.29. The van der Waals surface area contributed by atoms with Crippen LogP contribution in [0.15, 0.2) is 46.9 Å². The number of ketones is 1. The number of nitrogens with zero attached hydrogens (tertiary/aromatic N) is 1. The van der Waals surface area contributed by atoms with Crippen molar-refractivity contribution in [1.29, 1.82) is 0 Å². The molecule has 0 fully saturated rings. The van der Waals surface area contributed by atoms with Crippen LogP contribution in [-0.2, 0) is 0 Å². The van der Waals surface area contributed by atoms with Gasteiger partial charge in [-0.15, -0.1) is 0 Å². The van der Waals surface area contributed by atoms with Crippen LogP contribution in [0, 0.1) is 10.1 Å². The molecule has 0 atom stereocenters. The lowest BCUT2D eigenvalue weighted by Crippen LogP contribution is -2.00. The van der Waals surface area contributed by atoms with Crippen molar-refractivity contribution in [1.82, 2.24) is 0 Å². The Labute approximate surface area is 123 Å². The Hall–Kier alpha value is -2.21. The lowest BCUT2D eigenvalue weighted by atomic mass is 10.1. The van der Waals surface area contributed by atoms with Gasteiger partial charge in [-0.3, -0.25) is 14.9 Å². The Bertz CT molecular complexity index is 685. The molecule has 0 unspecified atom stereocenters. The zero-order valence-corrected chi connectivity index (χ0v) is 12.1. The van der Waals surface area contributed by atoms with Gasteiger partial charge in [-0.2, -0.15) is 0 Å². The Kier molecular flexibility index (Phi) is 4.14. The second-order valence-electron chi connectivity index (χ2n) is 4.05. The fourth-order valence-electron chi connectivity index (χ4n) is 1.69. The van der Waals surface area contributed by atoms with Crippen LogP contribution >= 0.6 is 15.9 Å². The van der Waals surface area contributed by atoms with Crippen molar-refractivity contribution >= 4 is 27.4 Å². The first-order valence-electron chi connectivity index (χ1n) is 5.70. The van der Waals surface area contributed by atoms with Gasteiger partial charge in [0.15, 0.2) is 5.78 Å². The minimum Gasteiger partial charge on any atom is -0.457 e. The first kappa shape index (κ1) is 14.2. The Balaban J connectivity index is 2.36. The van der Waals surface area contributed by atoms with E-state index < -0.39 is 4.92 Å². The van der Waals surface area contributed by atoms with Gasteiger partial charge in [0.25, 0.3) is 5.69 Å². The number of nitro groups is 1. The Morgan fingerprint density at radius 3 is 2.50 bits per heavy atom. The van der Waals surface area contributed by atoms with Crippen molar-refractivity contribution in [3.8, 4) is 11.5 Å². The quantitative estimate of drug-likeness (QED) is 0.473. The molecule has 0 aliphatic heterocycles. The summed E-state index contributed by atoms with van der Waals surface area (Å²) in [5, 5.41) is 11.0. The molecule has 0 aliphatic carbocycles. The molecule has 5 nitrogen and oxygen atoms in total. The number of hydrogen-bond donors (Lipinski definition) is 0. The van der Waals surface area contributed by atoms with E-state index in [-0.39, 0.29) is 17.0 Å². The third-order valence-electron chi connectivity index (χ3n) is 2.58. The first-order chi connectivity index (χ1) is 9.47. The van der Waals surface area contributed by atoms with E-state index in [1.807, 2.05) is 6.07 Å². The molecule has 6 heteroatoms. The van der Waals surface area contributed by atoms with Gasteiger partial charge in [0, 0.05) is 4.47 Å². The fourth-order valence-corrected chi connectivity index (χ4v) is 2.07. The highest BCUT2D eigenvalue weighted by Gasteiger charge is 2.18. The molecule has 0 bridgehead atoms. The third-order valence-corrected chi connectivity index (χ3v) is 3.07. The minimum atomic E-state index is -0.593. The predicted octanol–water partition coefficient (Wildman–Crippen LogP) is 4.35. The summed E-state index contributed by atoms with van der Waals surface area (Å²) in [5.74, 6) is 0.495. The lowest BCUT2D eigenvalue weighted by molar-refractivity contribution is -0.385. The van der Waals surface area contributed by atoms with Gasteiger partial charge in [-0.25, -0.2) is 0 Å². The molecule has 0 aliphatic rings. The maximum Gasteiger partial charge on any atom is 0.283 e. The van der Waals surface area contributed by atoms with Gasteiger partial charge in [0.05, 0.1) is 16.6 Å². The summed E-state index contributed by atoms with van der Waals surface area (Å²) >= 11 is 3.31. The molecule has 0 saturated heterocycles. The average molecular weight is 336 g/mol. The predicted molar refractivity (Wildman–Crippen MR) is 77.3 cm³/mol. The molecule has 0 heterocycles. The smallest absolute Gasteiger partial charge is 0.283 e. The Morgan fingerprint density at radius 1 is 1.20 bits per heavy atom. The number of rotatable bonds is 4. The van der Waals surface area contributed by atoms with Crippen LogP contribution in [0.2, 0.25) is 0 Å². The SMILES string of the molecule is CC(=O)c1ccc(Oc2cccc(Br)c2)cc1[N+](=O)[O-]. The van der Waals surface area contributed by atoms with Crippen LogP contribution in [0.1, 0.15) is 17.3 Å². The maximum atomic E-state index is 11.3. The Morgan fingerprint density at radius 2 is 1.90 bits per heavy atom. The van der Waals surface area contributed by atoms with E-state index in [0.717, 1.165) is 4.47 Å². The number of ether oxygens (including phenoxy) is 1. The summed E-state index contributed by atoms with van der Waals surface area (Å²) in [5.41, 5.74) is -0.193. The zero-order chi connectivity index (χ0) is 14.7. The summed E-state index contributed by atoms with van der Waals surface area (Å²) in [6.45, 7) is 1.29. The number of carbonyl (C=O) groups is 1. The standard InChI is InChI=1S/C14H10BrNO4/c1-9(17)13-6-5-12(8-14(13)16(18)19)20-11-4-2-3-10(15)7-11/h2-8H,1H3. The molecule has 2 aromatic carbocycles. The summed E-state index contributed by atoms with van der Waals surface area (Å²) in [6.07, 6.45) is 0. The summed E-state index contributed by atoms with van der Waals surface area (Å²) < 4.78 is 6.38. The van der Waals surface area contributed by atoms with E-state index in [9.17, 15) is 14.9 Å². The van der Waals surface area contributed by atoms with Crippen molar-refractivity contribution in [3.63, 3.8) is 0 Å². The van der Waals surface area contributed by atoms with Gasteiger partial charge in [0.2, 0.25) is 0 Å². The molecule has 0 amide bonds. The van der Waals surface area contributed by atoms with Gasteiger partial charge >= 0.3 is 0 Å². The van der Waals surface area contributed by atoms with E-state index in [4.69, 9.17) is 4.74 Å². The molecule has 0 N–H and O–H groups in total. The number of benzene rings is 2. The van der Waals surface area contributed by atoms with Crippen LogP contribution in [0.25, 0.3) is 0 Å². The second kappa shape index (κ2) is 5.83. The van der Waals surface area contributed by atoms with Crippen molar-refractivity contribution in [2.24, 2.45) is 0 Å². The van der Waals surface area contributed by atoms with Gasteiger partial charge in [-0.1, -0.05) is 22.0 Å². The van der Waals surface area contributed by atoms with Crippen LogP contribution in [0.5, 0.6) is 11.5 Å². The molecule has 20 heavy (non-hydrogen) atoms. The molecule has 0 saturated carbocycles. The number of halogens is 1. The van der Waals surface area contributed by atoms with Crippen molar-refractivity contribution in [2.45, 2.75) is 6.92 Å². The second-order valence-corrected chi connectivity index (χ2v) is 4.97.